The molecule has 0 aliphatic rings. The van der Waals surface area contributed by atoms with Gasteiger partial charge in [-0.25, -0.2) is 14.8 Å². The van der Waals surface area contributed by atoms with Gasteiger partial charge in [0, 0.05) is 12.6 Å². The van der Waals surface area contributed by atoms with E-state index < -0.39 is 5.76 Å². The van der Waals surface area contributed by atoms with E-state index in [1.807, 2.05) is 12.1 Å². The van der Waals surface area contributed by atoms with Crippen molar-refractivity contribution >= 4 is 16.9 Å². The van der Waals surface area contributed by atoms with Gasteiger partial charge in [-0.05, 0) is 17.7 Å². The highest BCUT2D eigenvalue weighted by Gasteiger charge is 2.03. The van der Waals surface area contributed by atoms with Crippen LogP contribution in [0.5, 0.6) is 0 Å². The molecule has 0 atom stereocenters. The van der Waals surface area contributed by atoms with Crippen LogP contribution in [0.4, 0.5) is 5.82 Å². The van der Waals surface area contributed by atoms with Gasteiger partial charge in [-0.3, -0.25) is 4.98 Å². The molecule has 3 rings (SSSR count). The molecule has 0 saturated carbocycles. The number of nitrogens with one attached hydrogen (secondary N) is 2. The van der Waals surface area contributed by atoms with Crippen molar-refractivity contribution in [3.05, 3.63) is 52.4 Å². The van der Waals surface area contributed by atoms with Gasteiger partial charge in [0.2, 0.25) is 0 Å². The van der Waals surface area contributed by atoms with E-state index >= 15 is 0 Å². The highest BCUT2D eigenvalue weighted by molar-refractivity contribution is 5.72. The van der Waals surface area contributed by atoms with E-state index in [2.05, 4.69) is 20.3 Å². The molecule has 2 heterocycles. The number of benzene rings is 1. The van der Waals surface area contributed by atoms with Gasteiger partial charge in [-0.15, -0.1) is 0 Å². The Hall–Kier alpha value is -3.14. The molecule has 0 amide bonds. The second-order valence-corrected chi connectivity index (χ2v) is 4.10. The Morgan fingerprint density at radius 3 is 3.10 bits per heavy atom. The average Bonchev–Trinajstić information content (AvgIpc) is 2.84. The molecule has 2 aromatic heterocycles. The van der Waals surface area contributed by atoms with Gasteiger partial charge in [0.25, 0.3) is 0 Å². The van der Waals surface area contributed by atoms with Gasteiger partial charge >= 0.3 is 5.76 Å². The zero-order valence-electron chi connectivity index (χ0n) is 10.3. The van der Waals surface area contributed by atoms with Crippen LogP contribution in [0, 0.1) is 11.3 Å². The summed E-state index contributed by atoms with van der Waals surface area (Å²) in [5.74, 6) is 0.0896. The van der Waals surface area contributed by atoms with Gasteiger partial charge in [0.15, 0.2) is 5.58 Å². The lowest BCUT2D eigenvalue weighted by Crippen LogP contribution is -2.02. The van der Waals surface area contributed by atoms with Crippen molar-refractivity contribution in [3.8, 4) is 6.07 Å². The smallest absolute Gasteiger partial charge is 0.408 e. The third-order valence-electron chi connectivity index (χ3n) is 2.74. The lowest BCUT2D eigenvalue weighted by Gasteiger charge is -2.05. The Bertz CT molecular complexity index is 859. The van der Waals surface area contributed by atoms with Crippen LogP contribution in [0.25, 0.3) is 11.1 Å². The summed E-state index contributed by atoms with van der Waals surface area (Å²) in [6.07, 6.45) is 1.33. The van der Waals surface area contributed by atoms with Crippen molar-refractivity contribution in [2.24, 2.45) is 0 Å². The normalized spacial score (nSPS) is 10.3. The lowest BCUT2D eigenvalue weighted by atomic mass is 10.2. The van der Waals surface area contributed by atoms with E-state index in [0.717, 1.165) is 5.56 Å². The summed E-state index contributed by atoms with van der Waals surface area (Å²) in [6.45, 7) is 0.493. The number of oxazole rings is 1. The number of nitriles is 1. The summed E-state index contributed by atoms with van der Waals surface area (Å²) < 4.78 is 4.99. The topological polar surface area (TPSA) is 108 Å². The Kier molecular flexibility index (Phi) is 2.89. The van der Waals surface area contributed by atoms with E-state index in [4.69, 9.17) is 9.68 Å². The molecule has 0 radical (unpaired) electrons. The summed E-state index contributed by atoms with van der Waals surface area (Å²) in [5, 5.41) is 11.8. The number of nitrogens with zero attached hydrogens (tertiary/aromatic N) is 3. The molecule has 0 fully saturated rings. The molecule has 1 aromatic carbocycles. The maximum Gasteiger partial charge on any atom is 0.417 e. The molecule has 2 N–H and O–H groups in total. The van der Waals surface area contributed by atoms with Crippen molar-refractivity contribution in [2.45, 2.75) is 6.54 Å². The van der Waals surface area contributed by atoms with Crippen molar-refractivity contribution in [1.29, 1.82) is 5.26 Å². The predicted molar refractivity (Wildman–Crippen MR) is 70.9 cm³/mol. The van der Waals surface area contributed by atoms with Crippen molar-refractivity contribution in [3.63, 3.8) is 0 Å². The minimum Gasteiger partial charge on any atom is -0.408 e. The Morgan fingerprint density at radius 1 is 1.35 bits per heavy atom. The third kappa shape index (κ3) is 2.35. The van der Waals surface area contributed by atoms with E-state index in [1.54, 1.807) is 18.2 Å². The van der Waals surface area contributed by atoms with E-state index in [9.17, 15) is 4.79 Å². The van der Waals surface area contributed by atoms with Crippen LogP contribution >= 0.6 is 0 Å². The van der Waals surface area contributed by atoms with Crippen molar-refractivity contribution in [1.82, 2.24) is 15.0 Å². The minimum absolute atomic E-state index is 0.301. The maximum absolute atomic E-state index is 11.1. The van der Waals surface area contributed by atoms with Gasteiger partial charge in [-0.1, -0.05) is 6.07 Å². The molecular weight excluding hydrogens is 258 g/mol. The lowest BCUT2D eigenvalue weighted by molar-refractivity contribution is 0.555. The number of rotatable bonds is 3. The second kappa shape index (κ2) is 4.85. The molecule has 98 valence electrons. The summed E-state index contributed by atoms with van der Waals surface area (Å²) in [5.41, 5.74) is 2.40. The van der Waals surface area contributed by atoms with E-state index in [-0.39, 0.29) is 0 Å². The second-order valence-electron chi connectivity index (χ2n) is 4.10. The van der Waals surface area contributed by atoms with E-state index in [1.165, 1.54) is 6.33 Å². The number of hydrogen-bond donors (Lipinski definition) is 2. The fourth-order valence-electron chi connectivity index (χ4n) is 1.81. The number of fused-ring (bicyclic) bond motifs is 1. The number of aromatic amines is 1. The minimum atomic E-state index is -0.473. The number of aromatic nitrogens is 3. The SMILES string of the molecule is N#Cc1cc(NCc2ccc3[nH]c(=O)oc3c2)ncn1. The van der Waals surface area contributed by atoms with Crippen molar-refractivity contribution in [2.75, 3.05) is 5.32 Å². The molecule has 0 aliphatic heterocycles. The highest BCUT2D eigenvalue weighted by Crippen LogP contribution is 2.13. The Labute approximate surface area is 112 Å². The molecule has 7 nitrogen and oxygen atoms in total. The highest BCUT2D eigenvalue weighted by atomic mass is 16.4. The first-order valence-electron chi connectivity index (χ1n) is 5.82. The standard InChI is InChI=1S/C13H9N5O2/c14-5-9-4-12(17-7-16-9)15-6-8-1-2-10-11(3-8)20-13(19)18-10/h1-4,7H,6H2,(H,18,19)(H,15,16,17). The van der Waals surface area contributed by atoms with E-state index in [0.29, 0.717) is 29.2 Å². The fraction of sp³-hybridized carbons (Fsp3) is 0.0769. The molecule has 20 heavy (non-hydrogen) atoms. The van der Waals surface area contributed by atoms with Crippen LogP contribution < -0.4 is 11.1 Å². The molecular formula is C13H9N5O2. The molecule has 0 unspecified atom stereocenters. The van der Waals surface area contributed by atoms with Gasteiger partial charge in [0.05, 0.1) is 5.52 Å². The van der Waals surface area contributed by atoms with Crippen molar-refractivity contribution < 1.29 is 4.42 Å². The monoisotopic (exact) mass is 267 g/mol. The fourth-order valence-corrected chi connectivity index (χ4v) is 1.81. The number of H-pyrrole nitrogens is 1. The molecule has 3 aromatic rings. The van der Waals surface area contributed by atoms with Crippen LogP contribution in [-0.4, -0.2) is 15.0 Å². The molecule has 0 aliphatic carbocycles. The molecule has 7 heteroatoms. The van der Waals surface area contributed by atoms with Gasteiger partial charge in [0.1, 0.15) is 23.9 Å². The summed E-state index contributed by atoms with van der Waals surface area (Å²) in [4.78, 5) is 21.4. The zero-order valence-corrected chi connectivity index (χ0v) is 10.3. The Balaban J connectivity index is 1.79. The van der Waals surface area contributed by atoms with Crippen LogP contribution in [0.2, 0.25) is 0 Å². The molecule has 0 spiro atoms. The molecule has 0 bridgehead atoms. The summed E-state index contributed by atoms with van der Waals surface area (Å²) in [7, 11) is 0. The summed E-state index contributed by atoms with van der Waals surface area (Å²) >= 11 is 0. The van der Waals surface area contributed by atoms with Crippen LogP contribution in [0.15, 0.2) is 39.8 Å². The first kappa shape index (κ1) is 11.9. The number of hydrogen-bond acceptors (Lipinski definition) is 6. The van der Waals surface area contributed by atoms with Crippen LogP contribution in [0.3, 0.4) is 0 Å². The van der Waals surface area contributed by atoms with Crippen LogP contribution in [0.1, 0.15) is 11.3 Å². The quantitative estimate of drug-likeness (QED) is 0.742. The first-order chi connectivity index (χ1) is 9.74. The Morgan fingerprint density at radius 2 is 2.25 bits per heavy atom. The number of anilines is 1. The third-order valence-corrected chi connectivity index (χ3v) is 2.74. The molecule has 0 saturated heterocycles. The largest absolute Gasteiger partial charge is 0.417 e. The maximum atomic E-state index is 11.1. The first-order valence-corrected chi connectivity index (χ1v) is 5.82. The van der Waals surface area contributed by atoms with Gasteiger partial charge in [-0.2, -0.15) is 5.26 Å². The summed E-state index contributed by atoms with van der Waals surface area (Å²) in [6, 6.07) is 8.93. The average molecular weight is 267 g/mol. The zero-order chi connectivity index (χ0) is 13.9. The van der Waals surface area contributed by atoms with Gasteiger partial charge < -0.3 is 9.73 Å². The predicted octanol–water partition coefficient (Wildman–Crippen LogP) is 1.39. The van der Waals surface area contributed by atoms with Crippen LogP contribution in [-0.2, 0) is 6.54 Å².